The highest BCUT2D eigenvalue weighted by Crippen LogP contribution is 2.18. The molecule has 2 nitrogen and oxygen atoms in total. The molecule has 26 heavy (non-hydrogen) atoms. The molecule has 0 aromatic heterocycles. The van der Waals surface area contributed by atoms with Crippen LogP contribution in [0, 0.1) is 0 Å². The van der Waals surface area contributed by atoms with Crippen LogP contribution < -0.4 is 0 Å². The smallest absolute Gasteiger partial charge is 0.0238 e. The molecule has 0 saturated carbocycles. The molecule has 0 saturated heterocycles. The minimum absolute atomic E-state index is 0.981. The molecule has 136 valence electrons. The maximum Gasteiger partial charge on any atom is 0.0238 e. The molecule has 0 fully saturated rings. The van der Waals surface area contributed by atoms with E-state index in [2.05, 4.69) is 97.5 Å². The van der Waals surface area contributed by atoms with Crippen molar-refractivity contribution in [1.29, 1.82) is 0 Å². The summed E-state index contributed by atoms with van der Waals surface area (Å²) in [5, 5.41) is 2.64. The first-order valence-electron chi connectivity index (χ1n) is 9.56. The molecule has 3 rings (SSSR count). The lowest BCUT2D eigenvalue weighted by Gasteiger charge is -2.25. The molecule has 2 heteroatoms. The van der Waals surface area contributed by atoms with Crippen LogP contribution in [0.4, 0.5) is 0 Å². The number of hydrogen-bond acceptors (Lipinski definition) is 2. The molecular formula is C24H30N2. The van der Waals surface area contributed by atoms with E-state index < -0.39 is 0 Å². The van der Waals surface area contributed by atoms with Gasteiger partial charge in [-0.1, -0.05) is 67.6 Å². The molecule has 0 heterocycles. The lowest BCUT2D eigenvalue weighted by molar-refractivity contribution is 0.226. The van der Waals surface area contributed by atoms with Crippen molar-refractivity contribution >= 4 is 10.8 Å². The minimum Gasteiger partial charge on any atom is -0.308 e. The van der Waals surface area contributed by atoms with Crippen LogP contribution in [0.15, 0.2) is 66.7 Å². The van der Waals surface area contributed by atoms with Gasteiger partial charge in [-0.3, -0.25) is 4.90 Å². The molecule has 0 bridgehead atoms. The molecule has 0 amide bonds. The zero-order valence-electron chi connectivity index (χ0n) is 16.3. The summed E-state index contributed by atoms with van der Waals surface area (Å²) in [6, 6.07) is 24.5. The molecule has 0 unspecified atom stereocenters. The summed E-state index contributed by atoms with van der Waals surface area (Å²) in [6.07, 6.45) is 1.09. The van der Waals surface area contributed by atoms with Gasteiger partial charge in [0.25, 0.3) is 0 Å². The van der Waals surface area contributed by atoms with E-state index in [4.69, 9.17) is 0 Å². The molecule has 3 aromatic rings. The van der Waals surface area contributed by atoms with Crippen molar-refractivity contribution in [3.63, 3.8) is 0 Å². The average molecular weight is 347 g/mol. The Hall–Kier alpha value is -2.16. The molecule has 0 aliphatic carbocycles. The molecular weight excluding hydrogens is 316 g/mol. The van der Waals surface area contributed by atoms with Crippen LogP contribution >= 0.6 is 0 Å². The van der Waals surface area contributed by atoms with Crippen molar-refractivity contribution in [2.45, 2.75) is 26.4 Å². The van der Waals surface area contributed by atoms with E-state index in [0.29, 0.717) is 0 Å². The summed E-state index contributed by atoms with van der Waals surface area (Å²) >= 11 is 0. The van der Waals surface area contributed by atoms with E-state index in [-0.39, 0.29) is 0 Å². The zero-order valence-corrected chi connectivity index (χ0v) is 16.3. The predicted molar refractivity (Wildman–Crippen MR) is 112 cm³/mol. The van der Waals surface area contributed by atoms with Gasteiger partial charge in [0.15, 0.2) is 0 Å². The Bertz CT molecular complexity index is 838. The molecule has 3 aromatic carbocycles. The maximum atomic E-state index is 2.55. The summed E-state index contributed by atoms with van der Waals surface area (Å²) in [4.78, 5) is 4.81. The van der Waals surface area contributed by atoms with Gasteiger partial charge in [0.05, 0.1) is 0 Å². The summed E-state index contributed by atoms with van der Waals surface area (Å²) in [7, 11) is 4.29. The number of benzene rings is 3. The second kappa shape index (κ2) is 8.98. The lowest BCUT2D eigenvalue weighted by atomic mass is 10.1. The number of rotatable bonds is 8. The van der Waals surface area contributed by atoms with Gasteiger partial charge in [-0.25, -0.2) is 0 Å². The third kappa shape index (κ3) is 5.17. The fourth-order valence-electron chi connectivity index (χ4n) is 3.36. The Balaban J connectivity index is 1.77. The van der Waals surface area contributed by atoms with Gasteiger partial charge in [0.2, 0.25) is 0 Å². The van der Waals surface area contributed by atoms with E-state index in [1.54, 1.807) is 0 Å². The van der Waals surface area contributed by atoms with Crippen molar-refractivity contribution in [1.82, 2.24) is 9.80 Å². The Labute approximate surface area is 158 Å². The minimum atomic E-state index is 0.981. The Kier molecular flexibility index (Phi) is 6.43. The summed E-state index contributed by atoms with van der Waals surface area (Å²) < 4.78 is 0. The first-order chi connectivity index (χ1) is 12.6. The first kappa shape index (κ1) is 18.6. The standard InChI is InChI=1S/C24H30N2/c1-4-20-8-7-9-21(16-20)18-26(15-14-25(2)3)19-22-12-13-23-10-5-6-11-24(23)17-22/h5-13,16-17H,4,14-15,18-19H2,1-3H3. The second-order valence-corrected chi connectivity index (χ2v) is 7.37. The highest BCUT2D eigenvalue weighted by Gasteiger charge is 2.09. The van der Waals surface area contributed by atoms with Crippen LogP contribution in [0.2, 0.25) is 0 Å². The average Bonchev–Trinajstić information content (AvgIpc) is 2.66. The Morgan fingerprint density at radius 1 is 0.654 bits per heavy atom. The Morgan fingerprint density at radius 3 is 2.08 bits per heavy atom. The van der Waals surface area contributed by atoms with Gasteiger partial charge in [-0.2, -0.15) is 0 Å². The van der Waals surface area contributed by atoms with Crippen LogP contribution in [0.25, 0.3) is 10.8 Å². The molecule has 0 radical (unpaired) electrons. The number of aryl methyl sites for hydroxylation is 1. The van der Waals surface area contributed by atoms with Crippen molar-refractivity contribution in [3.05, 3.63) is 83.4 Å². The van der Waals surface area contributed by atoms with E-state index in [1.807, 2.05) is 0 Å². The van der Waals surface area contributed by atoms with Gasteiger partial charge in [-0.05, 0) is 54.0 Å². The molecule has 0 aliphatic heterocycles. The van der Waals surface area contributed by atoms with E-state index in [9.17, 15) is 0 Å². The SMILES string of the molecule is CCc1cccc(CN(CCN(C)C)Cc2ccc3ccccc3c2)c1. The highest BCUT2D eigenvalue weighted by molar-refractivity contribution is 5.82. The van der Waals surface area contributed by atoms with Crippen LogP contribution in [0.1, 0.15) is 23.6 Å². The van der Waals surface area contributed by atoms with E-state index in [1.165, 1.54) is 27.5 Å². The van der Waals surface area contributed by atoms with Crippen LogP contribution in [-0.2, 0) is 19.5 Å². The topological polar surface area (TPSA) is 6.48 Å². The normalized spacial score (nSPS) is 11.6. The van der Waals surface area contributed by atoms with Gasteiger partial charge >= 0.3 is 0 Å². The van der Waals surface area contributed by atoms with E-state index >= 15 is 0 Å². The fourth-order valence-corrected chi connectivity index (χ4v) is 3.36. The van der Waals surface area contributed by atoms with E-state index in [0.717, 1.165) is 32.6 Å². The van der Waals surface area contributed by atoms with Crippen LogP contribution in [-0.4, -0.2) is 37.0 Å². The zero-order chi connectivity index (χ0) is 18.4. The second-order valence-electron chi connectivity index (χ2n) is 7.37. The van der Waals surface area contributed by atoms with Gasteiger partial charge in [0.1, 0.15) is 0 Å². The predicted octanol–water partition coefficient (Wildman–Crippen LogP) is 4.97. The number of hydrogen-bond donors (Lipinski definition) is 0. The van der Waals surface area contributed by atoms with Gasteiger partial charge < -0.3 is 4.90 Å². The summed E-state index contributed by atoms with van der Waals surface area (Å²) in [5.41, 5.74) is 4.21. The maximum absolute atomic E-state index is 2.55. The summed E-state index contributed by atoms with van der Waals surface area (Å²) in [6.45, 7) is 6.33. The number of likely N-dealkylation sites (N-methyl/N-ethyl adjacent to an activating group) is 1. The van der Waals surface area contributed by atoms with Crippen molar-refractivity contribution in [2.24, 2.45) is 0 Å². The van der Waals surface area contributed by atoms with Crippen LogP contribution in [0.3, 0.4) is 0 Å². The molecule has 0 N–H and O–H groups in total. The quantitative estimate of drug-likeness (QED) is 0.568. The highest BCUT2D eigenvalue weighted by atomic mass is 15.2. The number of fused-ring (bicyclic) bond motifs is 1. The third-order valence-electron chi connectivity index (χ3n) is 4.89. The number of nitrogens with zero attached hydrogens (tertiary/aromatic N) is 2. The van der Waals surface area contributed by atoms with Crippen molar-refractivity contribution in [2.75, 3.05) is 27.2 Å². The first-order valence-corrected chi connectivity index (χ1v) is 9.56. The van der Waals surface area contributed by atoms with Gasteiger partial charge in [-0.15, -0.1) is 0 Å². The fraction of sp³-hybridized carbons (Fsp3) is 0.333. The van der Waals surface area contributed by atoms with Gasteiger partial charge in [0, 0.05) is 26.2 Å². The Morgan fingerprint density at radius 2 is 1.35 bits per heavy atom. The molecule has 0 spiro atoms. The van der Waals surface area contributed by atoms with Crippen molar-refractivity contribution in [3.8, 4) is 0 Å². The van der Waals surface area contributed by atoms with Crippen LogP contribution in [0.5, 0.6) is 0 Å². The molecule has 0 aliphatic rings. The monoisotopic (exact) mass is 346 g/mol. The third-order valence-corrected chi connectivity index (χ3v) is 4.89. The summed E-state index contributed by atoms with van der Waals surface area (Å²) in [5.74, 6) is 0. The van der Waals surface area contributed by atoms with Crippen molar-refractivity contribution < 1.29 is 0 Å². The molecule has 0 atom stereocenters. The largest absolute Gasteiger partial charge is 0.308 e. The lowest BCUT2D eigenvalue weighted by Crippen LogP contribution is -2.31.